The number of aromatic amines is 1. The van der Waals surface area contributed by atoms with Crippen molar-refractivity contribution in [1.29, 1.82) is 0 Å². The maximum atomic E-state index is 13.8. The highest BCUT2D eigenvalue weighted by Gasteiger charge is 2.45. The van der Waals surface area contributed by atoms with E-state index in [0.29, 0.717) is 12.6 Å². The number of likely N-dealkylation sites (N-methyl/N-ethyl adjacent to an activating group) is 1. The summed E-state index contributed by atoms with van der Waals surface area (Å²) >= 11 is 0. The molecular weight excluding hydrogens is 388 g/mol. The first-order chi connectivity index (χ1) is 14.4. The minimum absolute atomic E-state index is 0.0772. The van der Waals surface area contributed by atoms with Crippen molar-refractivity contribution in [1.82, 2.24) is 20.1 Å². The summed E-state index contributed by atoms with van der Waals surface area (Å²) in [6.45, 7) is 12.3. The summed E-state index contributed by atoms with van der Waals surface area (Å²) in [6.07, 6.45) is 3.90. The highest BCUT2D eigenvalue weighted by Crippen LogP contribution is 2.44. The number of carbonyl (C=O) groups excluding carboxylic acids is 2. The fourth-order valence-corrected chi connectivity index (χ4v) is 5.42. The third-order valence-electron chi connectivity index (χ3n) is 6.65. The normalized spacial score (nSPS) is 24.0. The Hall–Kier alpha value is -2.34. The minimum Gasteiger partial charge on any atom is -0.361 e. The van der Waals surface area contributed by atoms with Crippen LogP contribution in [-0.4, -0.2) is 57.4 Å². The number of benzene rings is 1. The van der Waals surface area contributed by atoms with Crippen LogP contribution in [0.5, 0.6) is 0 Å². The number of aromatic nitrogens is 1. The van der Waals surface area contributed by atoms with Crippen LogP contribution in [0.15, 0.2) is 24.4 Å². The number of likely N-dealkylation sites (tertiary alicyclic amines) is 1. The topological polar surface area (TPSA) is 68.4 Å². The van der Waals surface area contributed by atoms with Crippen molar-refractivity contribution < 1.29 is 9.59 Å². The van der Waals surface area contributed by atoms with Crippen LogP contribution in [0.25, 0.3) is 10.9 Å². The fraction of sp³-hybridized carbons (Fsp3) is 0.600. The molecule has 2 heterocycles. The second-order valence-electron chi connectivity index (χ2n) is 11.4. The SMILES string of the molecule is CN1C[C@H](C(=O)N(C(=O)NC(C)(C)C)C(C)(C)C)CC2c3cccc4[nH]cc(c34)C[C@H]21. The van der Waals surface area contributed by atoms with Crippen molar-refractivity contribution in [2.75, 3.05) is 13.6 Å². The Kier molecular flexibility index (Phi) is 5.20. The van der Waals surface area contributed by atoms with Gasteiger partial charge in [0, 0.05) is 46.7 Å². The number of carbonyl (C=O) groups is 2. The van der Waals surface area contributed by atoms with Crippen LogP contribution in [0.4, 0.5) is 4.79 Å². The predicted molar refractivity (Wildman–Crippen MR) is 124 cm³/mol. The van der Waals surface area contributed by atoms with E-state index in [-0.39, 0.29) is 23.8 Å². The van der Waals surface area contributed by atoms with Gasteiger partial charge in [-0.2, -0.15) is 0 Å². The second kappa shape index (κ2) is 7.37. The molecule has 1 fully saturated rings. The summed E-state index contributed by atoms with van der Waals surface area (Å²) in [5.41, 5.74) is 2.87. The molecule has 168 valence electrons. The zero-order valence-electron chi connectivity index (χ0n) is 19.9. The highest BCUT2D eigenvalue weighted by molar-refractivity contribution is 5.97. The van der Waals surface area contributed by atoms with Crippen molar-refractivity contribution >= 4 is 22.8 Å². The standard InChI is InChI=1S/C25H36N4O2/c1-24(2,3)27-23(31)29(25(4,5)6)22(30)16-11-18-17-9-8-10-19-21(17)15(13-26-19)12-20(18)28(7)14-16/h8-10,13,16,18,20,26H,11-12,14H2,1-7H3,(H,27,31)/t16-,18?,20-/m1/s1. The number of nitrogens with one attached hydrogen (secondary N) is 2. The lowest BCUT2D eigenvalue weighted by atomic mass is 9.72. The zero-order valence-corrected chi connectivity index (χ0v) is 19.9. The van der Waals surface area contributed by atoms with Gasteiger partial charge >= 0.3 is 6.03 Å². The van der Waals surface area contributed by atoms with E-state index in [1.807, 2.05) is 41.5 Å². The maximum absolute atomic E-state index is 13.8. The number of amides is 3. The van der Waals surface area contributed by atoms with Crippen LogP contribution in [-0.2, 0) is 11.2 Å². The second-order valence-corrected chi connectivity index (χ2v) is 11.4. The summed E-state index contributed by atoms with van der Waals surface area (Å²) in [7, 11) is 2.12. The van der Waals surface area contributed by atoms with Crippen LogP contribution in [0.3, 0.4) is 0 Å². The van der Waals surface area contributed by atoms with Crippen LogP contribution >= 0.6 is 0 Å². The number of rotatable bonds is 1. The Balaban J connectivity index is 1.65. The third-order valence-corrected chi connectivity index (χ3v) is 6.65. The van der Waals surface area contributed by atoms with Crippen molar-refractivity contribution in [3.8, 4) is 0 Å². The van der Waals surface area contributed by atoms with E-state index in [9.17, 15) is 9.59 Å². The van der Waals surface area contributed by atoms with Gasteiger partial charge in [0.15, 0.2) is 0 Å². The van der Waals surface area contributed by atoms with Crippen LogP contribution in [0.1, 0.15) is 65.0 Å². The maximum Gasteiger partial charge on any atom is 0.324 e. The summed E-state index contributed by atoms with van der Waals surface area (Å²) in [5, 5.41) is 4.31. The molecule has 1 aromatic carbocycles. The summed E-state index contributed by atoms with van der Waals surface area (Å²) < 4.78 is 0. The Bertz CT molecular complexity index is 1010. The summed E-state index contributed by atoms with van der Waals surface area (Å²) in [6, 6.07) is 6.50. The average Bonchev–Trinajstić information content (AvgIpc) is 3.04. The monoisotopic (exact) mass is 424 g/mol. The molecule has 1 aliphatic heterocycles. The van der Waals surface area contributed by atoms with Crippen molar-refractivity contribution in [3.63, 3.8) is 0 Å². The molecule has 0 radical (unpaired) electrons. The molecule has 2 aliphatic rings. The Morgan fingerprint density at radius 3 is 2.52 bits per heavy atom. The molecule has 1 aromatic heterocycles. The highest BCUT2D eigenvalue weighted by atomic mass is 16.2. The van der Waals surface area contributed by atoms with E-state index in [1.165, 1.54) is 26.9 Å². The molecule has 6 nitrogen and oxygen atoms in total. The lowest BCUT2D eigenvalue weighted by Gasteiger charge is -2.47. The average molecular weight is 425 g/mol. The molecule has 1 aliphatic carbocycles. The first kappa shape index (κ1) is 21.9. The predicted octanol–water partition coefficient (Wildman–Crippen LogP) is 4.26. The van der Waals surface area contributed by atoms with Crippen LogP contribution in [0, 0.1) is 5.92 Å². The molecule has 2 N–H and O–H groups in total. The van der Waals surface area contributed by atoms with Crippen LogP contribution in [0.2, 0.25) is 0 Å². The Morgan fingerprint density at radius 2 is 1.87 bits per heavy atom. The number of hydrogen-bond acceptors (Lipinski definition) is 3. The van der Waals surface area contributed by atoms with Gasteiger partial charge in [-0.25, -0.2) is 4.79 Å². The lowest BCUT2D eigenvalue weighted by Crippen LogP contribution is -2.60. The minimum atomic E-state index is -0.595. The summed E-state index contributed by atoms with van der Waals surface area (Å²) in [5.74, 6) is -0.00859. The van der Waals surface area contributed by atoms with Crippen LogP contribution < -0.4 is 5.32 Å². The van der Waals surface area contributed by atoms with Gasteiger partial charge in [0.2, 0.25) is 5.91 Å². The molecule has 0 saturated carbocycles. The molecule has 3 amide bonds. The van der Waals surface area contributed by atoms with E-state index in [2.05, 4.69) is 46.6 Å². The first-order valence-electron chi connectivity index (χ1n) is 11.3. The molecule has 1 saturated heterocycles. The molecule has 0 bridgehead atoms. The van der Waals surface area contributed by atoms with Gasteiger partial charge in [-0.15, -0.1) is 0 Å². The number of nitrogens with zero attached hydrogens (tertiary/aromatic N) is 2. The first-order valence-corrected chi connectivity index (χ1v) is 11.3. The Morgan fingerprint density at radius 1 is 1.16 bits per heavy atom. The molecule has 31 heavy (non-hydrogen) atoms. The molecule has 3 atom stereocenters. The quantitative estimate of drug-likeness (QED) is 0.719. The van der Waals surface area contributed by atoms with Gasteiger partial charge in [-0.05, 0) is 78.6 Å². The molecule has 0 spiro atoms. The van der Waals surface area contributed by atoms with Gasteiger partial charge in [0.25, 0.3) is 0 Å². The van der Waals surface area contributed by atoms with Crippen molar-refractivity contribution in [3.05, 3.63) is 35.5 Å². The lowest BCUT2D eigenvalue weighted by molar-refractivity contribution is -0.138. The fourth-order valence-electron chi connectivity index (χ4n) is 5.42. The van der Waals surface area contributed by atoms with Crippen molar-refractivity contribution in [2.24, 2.45) is 5.92 Å². The Labute approximate surface area is 185 Å². The number of urea groups is 1. The number of fused-ring (bicyclic) bond motifs is 2. The van der Waals surface area contributed by atoms with Gasteiger partial charge in [0.1, 0.15) is 0 Å². The molecule has 6 heteroatoms. The van der Waals surface area contributed by atoms with Crippen molar-refractivity contribution in [2.45, 2.75) is 77.4 Å². The van der Waals surface area contributed by atoms with E-state index >= 15 is 0 Å². The molecule has 4 rings (SSSR count). The summed E-state index contributed by atoms with van der Waals surface area (Å²) in [4.78, 5) is 34.1. The third kappa shape index (κ3) is 3.98. The van der Waals surface area contributed by atoms with E-state index in [4.69, 9.17) is 0 Å². The van der Waals surface area contributed by atoms with Gasteiger partial charge < -0.3 is 15.2 Å². The van der Waals surface area contributed by atoms with Gasteiger partial charge in [-0.3, -0.25) is 9.69 Å². The van der Waals surface area contributed by atoms with Gasteiger partial charge in [-0.1, -0.05) is 12.1 Å². The number of piperidine rings is 1. The van der Waals surface area contributed by atoms with E-state index in [1.54, 1.807) is 0 Å². The smallest absolute Gasteiger partial charge is 0.324 e. The van der Waals surface area contributed by atoms with E-state index < -0.39 is 11.1 Å². The largest absolute Gasteiger partial charge is 0.361 e. The van der Waals surface area contributed by atoms with E-state index in [0.717, 1.165) is 12.8 Å². The zero-order chi connectivity index (χ0) is 22.7. The number of H-pyrrole nitrogens is 1. The van der Waals surface area contributed by atoms with Gasteiger partial charge in [0.05, 0.1) is 5.92 Å². The number of hydrogen-bond donors (Lipinski definition) is 2. The molecular formula is C25H36N4O2. The molecule has 2 aromatic rings. The number of imide groups is 1. The molecule has 1 unspecified atom stereocenters.